The third-order valence-corrected chi connectivity index (χ3v) is 41.6. The van der Waals surface area contributed by atoms with Crippen LogP contribution in [0.25, 0.3) is 41.9 Å². The number of nitrogens with zero attached hydrogens (tertiary/aromatic N) is 2. The number of allylic oxidation sites excluding steroid dienone is 4. The summed E-state index contributed by atoms with van der Waals surface area (Å²) in [7, 11) is 0. The number of fused-ring (bicyclic) bond motifs is 1. The predicted octanol–water partition coefficient (Wildman–Crippen LogP) is 35.0. The molecule has 0 amide bonds. The lowest BCUT2D eigenvalue weighted by Gasteiger charge is -2.10. The van der Waals surface area contributed by atoms with Gasteiger partial charge in [0, 0.05) is 22.3 Å². The molecule has 0 N–H and O–H groups in total. The van der Waals surface area contributed by atoms with Crippen molar-refractivity contribution < 1.29 is 0 Å². The molecule has 0 fully saturated rings. The van der Waals surface area contributed by atoms with E-state index in [-0.39, 0.29) is 0 Å². The summed E-state index contributed by atoms with van der Waals surface area (Å²) in [5, 5.41) is 2.10. The molecule has 6 heterocycles. The minimum Gasteiger partial charge on any atom is -0.223 e. The highest BCUT2D eigenvalue weighted by atomic mass is 32.3. The first kappa shape index (κ1) is 87.1. The number of thiazole rings is 2. The summed E-state index contributed by atoms with van der Waals surface area (Å²) < 4.78 is 18.0. The van der Waals surface area contributed by atoms with Crippen molar-refractivity contribution in [2.45, 2.75) is 261 Å². The molecular weight excluding hydrogens is 1570 g/mol. The summed E-state index contributed by atoms with van der Waals surface area (Å²) >= 11 is 36.9. The number of hydrogen-bond donors (Lipinski definition) is 0. The van der Waals surface area contributed by atoms with Gasteiger partial charge in [-0.2, -0.15) is 0 Å². The molecule has 0 radical (unpaired) electrons. The zero-order valence-electron chi connectivity index (χ0n) is 61.3. The van der Waals surface area contributed by atoms with Crippen LogP contribution in [0.5, 0.6) is 0 Å². The van der Waals surface area contributed by atoms with Gasteiger partial charge in [-0.25, -0.2) is 9.97 Å². The lowest BCUT2D eigenvalue weighted by molar-refractivity contribution is 0.707. The molecule has 4 aliphatic heterocycles. The second-order valence-electron chi connectivity index (χ2n) is 25.5. The molecule has 0 bridgehead atoms. The third kappa shape index (κ3) is 30.6. The maximum atomic E-state index is 5.36. The molecule has 2 aromatic carbocycles. The van der Waals surface area contributed by atoms with Crippen LogP contribution in [0.15, 0.2) is 112 Å². The summed E-state index contributed by atoms with van der Waals surface area (Å²) in [5.74, 6) is 9.64. The average Bonchev–Trinajstić information content (AvgIpc) is 1.63. The standard InChI is InChI=1S/C80H114N2S18/c1-9-17-25-33-49-83-73-74(84-50-34-26-18-10-2)92-65(91-73)57-63(71-97-77(87-53-37-29-21-13-5)78(98-71)88-54-38-30-22-14-6)59-41-45-61(46-42-59)67-81-69-70(95-67)82-68(96-69)62-47-43-60(44-48-62)64(72-99-79(89-55-39-31-23-15-7)80(100-72)90-56-40-32-24-16-8)58-66-93-75(85-51-35-27-19-11-3)76(94-66)86-52-36-28-20-12-4/h41-48,57-58H,9-40,49-56H2,1-8H3. The molecule has 2 aromatic heterocycles. The van der Waals surface area contributed by atoms with E-state index < -0.39 is 0 Å². The highest BCUT2D eigenvalue weighted by Gasteiger charge is 2.31. The van der Waals surface area contributed by atoms with Gasteiger partial charge in [-0.05, 0) is 121 Å². The fraction of sp³-hybridized carbons (Fsp3) is 0.600. The molecule has 0 unspecified atom stereocenters. The molecule has 0 atom stereocenters. The van der Waals surface area contributed by atoms with Crippen LogP contribution in [-0.4, -0.2) is 56.0 Å². The van der Waals surface area contributed by atoms with E-state index in [9.17, 15) is 0 Å². The molecular formula is C80H114N2S18. The van der Waals surface area contributed by atoms with E-state index in [4.69, 9.17) is 9.97 Å². The number of thioether (sulfide) groups is 16. The Kier molecular flexibility index (Phi) is 45.8. The van der Waals surface area contributed by atoms with Gasteiger partial charge < -0.3 is 0 Å². The zero-order valence-corrected chi connectivity index (χ0v) is 76.0. The summed E-state index contributed by atoms with van der Waals surface area (Å²) in [5.41, 5.74) is 7.66. The maximum Gasteiger partial charge on any atom is 0.155 e. The van der Waals surface area contributed by atoms with E-state index in [0.29, 0.717) is 0 Å². The van der Waals surface area contributed by atoms with Gasteiger partial charge in [-0.15, -0.1) is 94.1 Å². The smallest absolute Gasteiger partial charge is 0.155 e. The molecule has 0 aliphatic carbocycles. The van der Waals surface area contributed by atoms with Crippen molar-refractivity contribution in [3.8, 4) is 21.1 Å². The predicted molar refractivity (Wildman–Crippen MR) is 498 cm³/mol. The second kappa shape index (κ2) is 52.6. The van der Waals surface area contributed by atoms with Crippen LogP contribution >= 0.6 is 211 Å². The highest BCUT2D eigenvalue weighted by Crippen LogP contribution is 2.64. The molecule has 20 heteroatoms. The van der Waals surface area contributed by atoms with Gasteiger partial charge >= 0.3 is 0 Å². The van der Waals surface area contributed by atoms with Gasteiger partial charge in [-0.1, -0.05) is 375 Å². The SMILES string of the molecule is CCCCCCSC1=C(SCCCCCC)SC(=CC(=C2SC(SCCCCCC)=C(SCCCCCC)S2)c2ccc(-c3nc4sc(-c5ccc(C(C=C6SC(SCCCCCC)=C(SCCCCCC)S6)=C6SC(SCCCCCC)=C(SCCCCCC)S6)cc5)nc4s3)cc2)S1. The van der Waals surface area contributed by atoms with Crippen LogP contribution in [0.4, 0.5) is 0 Å². The normalized spacial score (nSPS) is 15.2. The van der Waals surface area contributed by atoms with Crippen LogP contribution < -0.4 is 0 Å². The van der Waals surface area contributed by atoms with Crippen molar-refractivity contribution in [3.05, 3.63) is 123 Å². The first-order valence-corrected chi connectivity index (χ1v) is 54.2. The largest absolute Gasteiger partial charge is 0.223 e. The number of hydrogen-bond acceptors (Lipinski definition) is 20. The Morgan fingerprint density at radius 1 is 0.270 bits per heavy atom. The summed E-state index contributed by atoms with van der Waals surface area (Å²) in [4.78, 5) is 12.8. The molecule has 8 rings (SSSR count). The monoisotopic (exact) mass is 1680 g/mol. The average molecular weight is 1680 g/mol. The van der Waals surface area contributed by atoms with Crippen LogP contribution in [0, 0.1) is 0 Å². The van der Waals surface area contributed by atoms with Gasteiger partial charge in [0.05, 0.1) is 50.8 Å². The van der Waals surface area contributed by atoms with E-state index in [0.717, 1.165) is 19.7 Å². The first-order valence-electron chi connectivity index (χ1n) is 38.1. The van der Waals surface area contributed by atoms with Gasteiger partial charge in [0.1, 0.15) is 10.0 Å². The summed E-state index contributed by atoms with van der Waals surface area (Å²) in [6, 6.07) is 18.9. The Balaban J connectivity index is 1.06. The van der Waals surface area contributed by atoms with Gasteiger partial charge in [0.2, 0.25) is 0 Å². The number of rotatable bonds is 54. The summed E-state index contributed by atoms with van der Waals surface area (Å²) in [6.07, 6.45) is 47.1. The number of unbranched alkanes of at least 4 members (excludes halogenated alkanes) is 24. The molecule has 4 aliphatic rings. The Morgan fingerprint density at radius 3 is 0.690 bits per heavy atom. The Labute approximate surface area is 684 Å². The highest BCUT2D eigenvalue weighted by molar-refractivity contribution is 8.43. The van der Waals surface area contributed by atoms with E-state index >= 15 is 0 Å². The van der Waals surface area contributed by atoms with Crippen molar-refractivity contribution in [1.82, 2.24) is 9.97 Å². The van der Waals surface area contributed by atoms with E-state index in [1.165, 1.54) is 336 Å². The molecule has 0 saturated heterocycles. The van der Waals surface area contributed by atoms with E-state index in [2.05, 4.69) is 257 Å². The van der Waals surface area contributed by atoms with Crippen molar-refractivity contribution in [2.24, 2.45) is 0 Å². The fourth-order valence-electron chi connectivity index (χ4n) is 10.9. The number of benzene rings is 2. The molecule has 0 saturated carbocycles. The maximum absolute atomic E-state index is 5.36. The quantitative estimate of drug-likeness (QED) is 0.0392. The molecule has 552 valence electrons. The molecule has 4 aromatic rings. The number of aromatic nitrogens is 2. The summed E-state index contributed by atoms with van der Waals surface area (Å²) in [6.45, 7) is 18.6. The van der Waals surface area contributed by atoms with Crippen molar-refractivity contribution in [2.75, 3.05) is 46.0 Å². The second-order valence-corrected chi connectivity index (χ2v) is 47.7. The van der Waals surface area contributed by atoms with Gasteiger partial charge in [-0.3, -0.25) is 0 Å². The molecule has 2 nitrogen and oxygen atoms in total. The van der Waals surface area contributed by atoms with Crippen LogP contribution in [0.3, 0.4) is 0 Å². The van der Waals surface area contributed by atoms with Gasteiger partial charge in [0.15, 0.2) is 9.66 Å². The fourth-order valence-corrected chi connectivity index (χ4v) is 36.9. The minimum atomic E-state index is 1.03. The Bertz CT molecular complexity index is 2950. The topological polar surface area (TPSA) is 25.8 Å². The zero-order chi connectivity index (χ0) is 70.2. The van der Waals surface area contributed by atoms with Crippen molar-refractivity contribution in [1.29, 1.82) is 0 Å². The van der Waals surface area contributed by atoms with Crippen molar-refractivity contribution in [3.63, 3.8) is 0 Å². The molecule has 0 spiro atoms. The molecule has 100 heavy (non-hydrogen) atoms. The lowest BCUT2D eigenvalue weighted by Crippen LogP contribution is -1.86. The van der Waals surface area contributed by atoms with E-state index in [1.807, 2.05) is 47.0 Å². The van der Waals surface area contributed by atoms with Crippen LogP contribution in [-0.2, 0) is 0 Å². The lowest BCUT2D eigenvalue weighted by atomic mass is 10.1. The Hall–Kier alpha value is 1.48. The van der Waals surface area contributed by atoms with Crippen molar-refractivity contribution >= 4 is 232 Å². The minimum absolute atomic E-state index is 1.03. The van der Waals surface area contributed by atoms with Crippen LogP contribution in [0.2, 0.25) is 0 Å². The van der Waals surface area contributed by atoms with Crippen LogP contribution in [0.1, 0.15) is 272 Å². The Morgan fingerprint density at radius 2 is 0.480 bits per heavy atom. The first-order chi connectivity index (χ1) is 49.3. The van der Waals surface area contributed by atoms with E-state index in [1.54, 1.807) is 22.7 Å². The third-order valence-electron chi connectivity index (χ3n) is 16.9. The van der Waals surface area contributed by atoms with Gasteiger partial charge in [0.25, 0.3) is 0 Å².